The van der Waals surface area contributed by atoms with Gasteiger partial charge in [0.05, 0.1) is 24.5 Å². The second-order valence-corrected chi connectivity index (χ2v) is 3.65. The highest BCUT2D eigenvalue weighted by Crippen LogP contribution is 2.10. The summed E-state index contributed by atoms with van der Waals surface area (Å²) in [5, 5.41) is 0. The molecule has 0 amide bonds. The van der Waals surface area contributed by atoms with Gasteiger partial charge in [0.25, 0.3) is 0 Å². The van der Waals surface area contributed by atoms with Gasteiger partial charge in [-0.25, -0.2) is 0 Å². The van der Waals surface area contributed by atoms with Crippen molar-refractivity contribution in [2.45, 2.75) is 33.6 Å². The Balaban J connectivity index is 2.76. The van der Waals surface area contributed by atoms with Crippen molar-refractivity contribution < 1.29 is 0 Å². The lowest BCUT2D eigenvalue weighted by Gasteiger charge is -2.16. The smallest absolute Gasteiger partial charge is 0.0785 e. The van der Waals surface area contributed by atoms with E-state index in [0.29, 0.717) is 5.92 Å². The Hall–Kier alpha value is -0.920. The van der Waals surface area contributed by atoms with E-state index in [0.717, 1.165) is 31.6 Å². The molecule has 1 aliphatic rings. The van der Waals surface area contributed by atoms with Crippen LogP contribution in [0.4, 0.5) is 0 Å². The Labute approximate surface area is 86.8 Å². The van der Waals surface area contributed by atoms with Crippen LogP contribution in [0, 0.1) is 5.92 Å². The Kier molecular flexibility index (Phi) is 4.57. The van der Waals surface area contributed by atoms with Crippen LogP contribution in [-0.2, 0) is 0 Å². The van der Waals surface area contributed by atoms with Gasteiger partial charge in [-0.2, -0.15) is 0 Å². The number of rotatable bonds is 4. The highest BCUT2D eigenvalue weighted by Gasteiger charge is 2.15. The van der Waals surface area contributed by atoms with Gasteiger partial charge >= 0.3 is 0 Å². The first-order chi connectivity index (χ1) is 6.79. The molecule has 0 aromatic rings. The SMILES string of the molecule is CC/C=C\C1=NCCN=C1C(C)CC. The third-order valence-corrected chi connectivity index (χ3v) is 2.52. The first-order valence-corrected chi connectivity index (χ1v) is 5.55. The molecule has 1 heterocycles. The zero-order valence-electron chi connectivity index (χ0n) is 9.45. The fourth-order valence-corrected chi connectivity index (χ4v) is 1.47. The first kappa shape index (κ1) is 11.2. The van der Waals surface area contributed by atoms with E-state index in [9.17, 15) is 0 Å². The van der Waals surface area contributed by atoms with Crippen LogP contribution in [0.3, 0.4) is 0 Å². The summed E-state index contributed by atoms with van der Waals surface area (Å²) in [5.41, 5.74) is 2.30. The molecule has 0 N–H and O–H groups in total. The predicted octanol–water partition coefficient (Wildman–Crippen LogP) is 2.89. The first-order valence-electron chi connectivity index (χ1n) is 5.55. The van der Waals surface area contributed by atoms with Gasteiger partial charge in [-0.05, 0) is 24.8 Å². The zero-order chi connectivity index (χ0) is 10.4. The average Bonchev–Trinajstić information content (AvgIpc) is 2.25. The van der Waals surface area contributed by atoms with E-state index in [1.54, 1.807) is 0 Å². The highest BCUT2D eigenvalue weighted by atomic mass is 14.9. The predicted molar refractivity (Wildman–Crippen MR) is 63.5 cm³/mol. The lowest BCUT2D eigenvalue weighted by atomic mass is 9.97. The topological polar surface area (TPSA) is 24.7 Å². The molecule has 0 fully saturated rings. The molecule has 14 heavy (non-hydrogen) atoms. The summed E-state index contributed by atoms with van der Waals surface area (Å²) in [6, 6.07) is 0. The van der Waals surface area contributed by atoms with Crippen molar-refractivity contribution in [1.29, 1.82) is 0 Å². The van der Waals surface area contributed by atoms with Crippen molar-refractivity contribution in [3.8, 4) is 0 Å². The van der Waals surface area contributed by atoms with Crippen molar-refractivity contribution in [1.82, 2.24) is 0 Å². The molecule has 0 bridgehead atoms. The number of nitrogens with zero attached hydrogens (tertiary/aromatic N) is 2. The van der Waals surface area contributed by atoms with Gasteiger partial charge < -0.3 is 0 Å². The molecule has 0 aliphatic carbocycles. The normalized spacial score (nSPS) is 19.4. The van der Waals surface area contributed by atoms with Gasteiger partial charge in [0, 0.05) is 0 Å². The summed E-state index contributed by atoms with van der Waals surface area (Å²) in [4.78, 5) is 9.09. The van der Waals surface area contributed by atoms with Crippen molar-refractivity contribution in [2.24, 2.45) is 15.9 Å². The van der Waals surface area contributed by atoms with Crippen LogP contribution in [-0.4, -0.2) is 24.5 Å². The molecule has 1 rings (SSSR count). The second-order valence-electron chi connectivity index (χ2n) is 3.65. The maximum Gasteiger partial charge on any atom is 0.0785 e. The molecule has 0 aromatic heterocycles. The lowest BCUT2D eigenvalue weighted by molar-refractivity contribution is 0.736. The zero-order valence-corrected chi connectivity index (χ0v) is 9.45. The molecule has 1 aliphatic heterocycles. The molecular formula is C12H20N2. The van der Waals surface area contributed by atoms with Gasteiger partial charge in [-0.1, -0.05) is 26.8 Å². The van der Waals surface area contributed by atoms with E-state index in [1.165, 1.54) is 5.71 Å². The van der Waals surface area contributed by atoms with E-state index in [1.807, 2.05) is 0 Å². The molecule has 0 aromatic carbocycles. The van der Waals surface area contributed by atoms with E-state index in [4.69, 9.17) is 0 Å². The fourth-order valence-electron chi connectivity index (χ4n) is 1.47. The minimum atomic E-state index is 0.538. The summed E-state index contributed by atoms with van der Waals surface area (Å²) in [6.45, 7) is 8.27. The third-order valence-electron chi connectivity index (χ3n) is 2.52. The average molecular weight is 192 g/mol. The maximum absolute atomic E-state index is 4.57. The maximum atomic E-state index is 4.57. The van der Waals surface area contributed by atoms with Crippen LogP contribution in [0.5, 0.6) is 0 Å². The van der Waals surface area contributed by atoms with E-state index in [2.05, 4.69) is 42.9 Å². The van der Waals surface area contributed by atoms with Crippen LogP contribution in [0.15, 0.2) is 22.1 Å². The van der Waals surface area contributed by atoms with Crippen LogP contribution in [0.2, 0.25) is 0 Å². The molecule has 0 spiro atoms. The van der Waals surface area contributed by atoms with Crippen molar-refractivity contribution in [3.05, 3.63) is 12.2 Å². The molecule has 1 unspecified atom stereocenters. The van der Waals surface area contributed by atoms with Crippen molar-refractivity contribution >= 4 is 11.4 Å². The van der Waals surface area contributed by atoms with Crippen LogP contribution >= 0.6 is 0 Å². The van der Waals surface area contributed by atoms with Gasteiger partial charge in [0.15, 0.2) is 0 Å². The minimum absolute atomic E-state index is 0.538. The molecule has 0 saturated heterocycles. The quantitative estimate of drug-likeness (QED) is 0.654. The molecule has 0 saturated carbocycles. The summed E-state index contributed by atoms with van der Waals surface area (Å²) in [5.74, 6) is 0.538. The highest BCUT2D eigenvalue weighted by molar-refractivity contribution is 6.47. The fraction of sp³-hybridized carbons (Fsp3) is 0.667. The number of hydrogen-bond donors (Lipinski definition) is 0. The third kappa shape index (κ3) is 2.79. The number of allylic oxidation sites excluding steroid dienone is 2. The summed E-state index contributed by atoms with van der Waals surface area (Å²) >= 11 is 0. The Bertz CT molecular complexity index is 261. The number of hydrogen-bond acceptors (Lipinski definition) is 2. The summed E-state index contributed by atoms with van der Waals surface area (Å²) in [7, 11) is 0. The lowest BCUT2D eigenvalue weighted by Crippen LogP contribution is -2.24. The molecule has 2 nitrogen and oxygen atoms in total. The Morgan fingerprint density at radius 1 is 1.29 bits per heavy atom. The summed E-state index contributed by atoms with van der Waals surface area (Å²) < 4.78 is 0. The van der Waals surface area contributed by atoms with E-state index in [-0.39, 0.29) is 0 Å². The van der Waals surface area contributed by atoms with Crippen LogP contribution in [0.25, 0.3) is 0 Å². The molecule has 0 radical (unpaired) electrons. The molecule has 2 heteroatoms. The van der Waals surface area contributed by atoms with E-state index < -0.39 is 0 Å². The number of aliphatic imine (C=N–C) groups is 2. The van der Waals surface area contributed by atoms with Gasteiger partial charge in [-0.3, -0.25) is 9.98 Å². The molecular weight excluding hydrogens is 172 g/mol. The van der Waals surface area contributed by atoms with Crippen molar-refractivity contribution in [3.63, 3.8) is 0 Å². The van der Waals surface area contributed by atoms with Gasteiger partial charge in [-0.15, -0.1) is 0 Å². The van der Waals surface area contributed by atoms with E-state index >= 15 is 0 Å². The van der Waals surface area contributed by atoms with Crippen molar-refractivity contribution in [2.75, 3.05) is 13.1 Å². The minimum Gasteiger partial charge on any atom is -0.285 e. The van der Waals surface area contributed by atoms with Crippen LogP contribution < -0.4 is 0 Å². The van der Waals surface area contributed by atoms with Gasteiger partial charge in [0.1, 0.15) is 0 Å². The standard InChI is InChI=1S/C12H20N2/c1-4-6-7-11-12(10(3)5-2)14-9-8-13-11/h6-7,10H,4-5,8-9H2,1-3H3/b7-6-. The Morgan fingerprint density at radius 3 is 2.64 bits per heavy atom. The largest absolute Gasteiger partial charge is 0.285 e. The molecule has 78 valence electrons. The Morgan fingerprint density at radius 2 is 2.00 bits per heavy atom. The van der Waals surface area contributed by atoms with Gasteiger partial charge in [0.2, 0.25) is 0 Å². The summed E-state index contributed by atoms with van der Waals surface area (Å²) in [6.07, 6.45) is 6.47. The molecule has 1 atom stereocenters. The van der Waals surface area contributed by atoms with Crippen LogP contribution in [0.1, 0.15) is 33.6 Å². The second kappa shape index (κ2) is 5.74. The monoisotopic (exact) mass is 192 g/mol.